The van der Waals surface area contributed by atoms with E-state index < -0.39 is 10.0 Å². The number of aryl methyl sites for hydroxylation is 2. The predicted molar refractivity (Wildman–Crippen MR) is 67.0 cm³/mol. The number of sulfonamides is 1. The molecular weight excluding hydrogens is 266 g/mol. The zero-order chi connectivity index (χ0) is 12.2. The lowest BCUT2D eigenvalue weighted by molar-refractivity contribution is 0.390. The molecule has 0 aliphatic rings. The molecule has 0 aliphatic heterocycles. The van der Waals surface area contributed by atoms with Crippen molar-refractivity contribution in [2.75, 3.05) is 19.6 Å². The number of nitrogens with one attached hydrogen (secondary N) is 2. The van der Waals surface area contributed by atoms with Crippen LogP contribution in [-0.2, 0) is 10.0 Å². The van der Waals surface area contributed by atoms with Crippen LogP contribution in [0.25, 0.3) is 0 Å². The van der Waals surface area contributed by atoms with Crippen LogP contribution in [0.4, 0.5) is 0 Å². The van der Waals surface area contributed by atoms with Crippen LogP contribution >= 0.6 is 12.4 Å². The van der Waals surface area contributed by atoms with E-state index in [1.54, 1.807) is 13.8 Å². The van der Waals surface area contributed by atoms with Crippen LogP contribution in [0, 0.1) is 13.8 Å². The Bertz CT molecular complexity index is 425. The Labute approximate surface area is 108 Å². The lowest BCUT2D eigenvalue weighted by Gasteiger charge is -2.06. The van der Waals surface area contributed by atoms with E-state index in [0.717, 1.165) is 6.54 Å². The van der Waals surface area contributed by atoms with Crippen LogP contribution in [0.3, 0.4) is 0 Å². The Morgan fingerprint density at radius 1 is 1.29 bits per heavy atom. The second-order valence-electron chi connectivity index (χ2n) is 3.40. The molecule has 8 heteroatoms. The first kappa shape index (κ1) is 16.4. The molecule has 0 amide bonds. The normalized spacial score (nSPS) is 11.2. The average Bonchev–Trinajstić information content (AvgIpc) is 2.54. The van der Waals surface area contributed by atoms with Crippen molar-refractivity contribution < 1.29 is 12.9 Å². The Hall–Kier alpha value is -0.630. The lowest BCUT2D eigenvalue weighted by atomic mass is 10.4. The molecule has 0 aliphatic carbocycles. The Balaban J connectivity index is 0.00000256. The fourth-order valence-electron chi connectivity index (χ4n) is 1.38. The standard InChI is InChI=1S/C9H17N3O3S.ClH/c1-4-10-5-6-11-16(13,14)9-7(2)12-15-8(9)3;/h10-11H,4-6H2,1-3H3;1H. The molecule has 0 saturated heterocycles. The van der Waals surface area contributed by atoms with E-state index in [1.807, 2.05) is 6.92 Å². The number of hydrogen-bond acceptors (Lipinski definition) is 5. The monoisotopic (exact) mass is 283 g/mol. The summed E-state index contributed by atoms with van der Waals surface area (Å²) in [6, 6.07) is 0. The molecule has 0 aromatic carbocycles. The molecule has 1 aromatic rings. The number of hydrogen-bond donors (Lipinski definition) is 2. The molecule has 0 spiro atoms. The van der Waals surface area contributed by atoms with Crippen LogP contribution < -0.4 is 10.0 Å². The first-order chi connectivity index (χ1) is 7.49. The van der Waals surface area contributed by atoms with Crippen LogP contribution in [0.5, 0.6) is 0 Å². The average molecular weight is 284 g/mol. The van der Waals surface area contributed by atoms with Crippen molar-refractivity contribution in [1.29, 1.82) is 0 Å². The molecule has 0 atom stereocenters. The minimum Gasteiger partial charge on any atom is -0.360 e. The fourth-order valence-corrected chi connectivity index (χ4v) is 2.74. The molecule has 17 heavy (non-hydrogen) atoms. The third-order valence-electron chi connectivity index (χ3n) is 2.08. The van der Waals surface area contributed by atoms with Crippen molar-refractivity contribution in [3.63, 3.8) is 0 Å². The quantitative estimate of drug-likeness (QED) is 0.747. The van der Waals surface area contributed by atoms with Gasteiger partial charge in [0, 0.05) is 13.1 Å². The zero-order valence-corrected chi connectivity index (χ0v) is 11.7. The van der Waals surface area contributed by atoms with Crippen LogP contribution in [0.15, 0.2) is 9.42 Å². The summed E-state index contributed by atoms with van der Waals surface area (Å²) in [6.45, 7) is 6.91. The van der Waals surface area contributed by atoms with Crippen molar-refractivity contribution in [2.24, 2.45) is 0 Å². The fraction of sp³-hybridized carbons (Fsp3) is 0.667. The van der Waals surface area contributed by atoms with Crippen molar-refractivity contribution >= 4 is 22.4 Å². The van der Waals surface area contributed by atoms with Gasteiger partial charge in [-0.3, -0.25) is 0 Å². The van der Waals surface area contributed by atoms with Crippen LogP contribution in [0.1, 0.15) is 18.4 Å². The van der Waals surface area contributed by atoms with Gasteiger partial charge < -0.3 is 9.84 Å². The van der Waals surface area contributed by atoms with E-state index in [0.29, 0.717) is 24.5 Å². The predicted octanol–water partition coefficient (Wildman–Crippen LogP) is 0.601. The van der Waals surface area contributed by atoms with Gasteiger partial charge in [-0.2, -0.15) is 0 Å². The molecule has 1 heterocycles. The Morgan fingerprint density at radius 2 is 1.94 bits per heavy atom. The van der Waals surface area contributed by atoms with Gasteiger partial charge in [0.05, 0.1) is 0 Å². The molecule has 0 bridgehead atoms. The van der Waals surface area contributed by atoms with Gasteiger partial charge in [0.25, 0.3) is 0 Å². The molecule has 1 aromatic heterocycles. The topological polar surface area (TPSA) is 84.2 Å². The van der Waals surface area contributed by atoms with E-state index in [-0.39, 0.29) is 17.3 Å². The first-order valence-electron chi connectivity index (χ1n) is 5.12. The summed E-state index contributed by atoms with van der Waals surface area (Å²) >= 11 is 0. The number of halogens is 1. The van der Waals surface area contributed by atoms with E-state index in [1.165, 1.54) is 0 Å². The number of likely N-dealkylation sites (N-methyl/N-ethyl adjacent to an activating group) is 1. The minimum absolute atomic E-state index is 0. The highest BCUT2D eigenvalue weighted by Crippen LogP contribution is 2.17. The van der Waals surface area contributed by atoms with Crippen LogP contribution in [0.2, 0.25) is 0 Å². The van der Waals surface area contributed by atoms with Gasteiger partial charge in [-0.15, -0.1) is 12.4 Å². The summed E-state index contributed by atoms with van der Waals surface area (Å²) < 4.78 is 31.0. The van der Waals surface area contributed by atoms with E-state index in [9.17, 15) is 8.42 Å². The van der Waals surface area contributed by atoms with Gasteiger partial charge in [-0.1, -0.05) is 12.1 Å². The summed E-state index contributed by atoms with van der Waals surface area (Å²) in [5, 5.41) is 6.65. The second kappa shape index (κ2) is 6.95. The second-order valence-corrected chi connectivity index (χ2v) is 5.11. The minimum atomic E-state index is -3.51. The largest absolute Gasteiger partial charge is 0.360 e. The van der Waals surface area contributed by atoms with Gasteiger partial charge >= 0.3 is 0 Å². The summed E-state index contributed by atoms with van der Waals surface area (Å²) in [7, 11) is -3.51. The molecule has 6 nitrogen and oxygen atoms in total. The highest BCUT2D eigenvalue weighted by Gasteiger charge is 2.23. The molecule has 1 rings (SSSR count). The van der Waals surface area contributed by atoms with Gasteiger partial charge in [-0.25, -0.2) is 13.1 Å². The van der Waals surface area contributed by atoms with Crippen molar-refractivity contribution in [2.45, 2.75) is 25.7 Å². The smallest absolute Gasteiger partial charge is 0.246 e. The number of rotatable bonds is 6. The molecule has 0 unspecified atom stereocenters. The highest BCUT2D eigenvalue weighted by molar-refractivity contribution is 7.89. The van der Waals surface area contributed by atoms with Crippen molar-refractivity contribution in [1.82, 2.24) is 15.2 Å². The maximum absolute atomic E-state index is 11.9. The summed E-state index contributed by atoms with van der Waals surface area (Å²) in [6.07, 6.45) is 0. The van der Waals surface area contributed by atoms with Gasteiger partial charge in [0.15, 0.2) is 5.76 Å². The van der Waals surface area contributed by atoms with Crippen molar-refractivity contribution in [3.8, 4) is 0 Å². The van der Waals surface area contributed by atoms with Gasteiger partial charge in [0.1, 0.15) is 10.6 Å². The van der Waals surface area contributed by atoms with Gasteiger partial charge in [0.2, 0.25) is 10.0 Å². The maximum atomic E-state index is 11.9. The third kappa shape index (κ3) is 4.27. The van der Waals surface area contributed by atoms with Crippen molar-refractivity contribution in [3.05, 3.63) is 11.5 Å². The lowest BCUT2D eigenvalue weighted by Crippen LogP contribution is -2.32. The SMILES string of the molecule is CCNCCNS(=O)(=O)c1c(C)noc1C.Cl. The number of nitrogens with zero attached hydrogens (tertiary/aromatic N) is 1. The third-order valence-corrected chi connectivity index (χ3v) is 3.78. The Morgan fingerprint density at radius 3 is 2.41 bits per heavy atom. The highest BCUT2D eigenvalue weighted by atomic mass is 35.5. The number of aromatic nitrogens is 1. The summed E-state index contributed by atoms with van der Waals surface area (Å²) in [5.41, 5.74) is 0.383. The summed E-state index contributed by atoms with van der Waals surface area (Å²) in [4.78, 5) is 0.143. The molecule has 100 valence electrons. The van der Waals surface area contributed by atoms with Crippen LogP contribution in [-0.4, -0.2) is 33.2 Å². The Kier molecular flexibility index (Phi) is 6.69. The maximum Gasteiger partial charge on any atom is 0.246 e. The van der Waals surface area contributed by atoms with Gasteiger partial charge in [-0.05, 0) is 20.4 Å². The molecule has 0 fully saturated rings. The summed E-state index contributed by atoms with van der Waals surface area (Å²) in [5.74, 6) is 0.313. The molecular formula is C9H18ClN3O3S. The zero-order valence-electron chi connectivity index (χ0n) is 10.1. The first-order valence-corrected chi connectivity index (χ1v) is 6.60. The molecule has 2 N–H and O–H groups in total. The molecule has 0 saturated carbocycles. The molecule has 0 radical (unpaired) electrons. The van der Waals surface area contributed by atoms with E-state index in [4.69, 9.17) is 4.52 Å². The van der Waals surface area contributed by atoms with E-state index >= 15 is 0 Å². The van der Waals surface area contributed by atoms with E-state index in [2.05, 4.69) is 15.2 Å².